The number of rotatable bonds is 5. The van der Waals surface area contributed by atoms with E-state index in [2.05, 4.69) is 32.6 Å². The molecule has 0 bridgehead atoms. The maximum atomic E-state index is 11.2. The third-order valence-corrected chi connectivity index (χ3v) is 4.33. The number of carbonyl (C=O) groups is 1. The molecule has 1 aliphatic carbocycles. The van der Waals surface area contributed by atoms with Crippen LogP contribution in [0.5, 0.6) is 0 Å². The SMILES string of the molecule is CCN(CC1CC1)c1nc(C(C)(C)C)c(C=O)s1. The Balaban J connectivity index is 2.26. The number of carbonyl (C=O) groups excluding carboxylic acids is 1. The highest BCUT2D eigenvalue weighted by molar-refractivity contribution is 7.17. The number of nitrogens with zero attached hydrogens (tertiary/aromatic N) is 2. The van der Waals surface area contributed by atoms with E-state index in [1.165, 1.54) is 24.2 Å². The van der Waals surface area contributed by atoms with Crippen LogP contribution in [0, 0.1) is 5.92 Å². The van der Waals surface area contributed by atoms with Crippen molar-refractivity contribution >= 4 is 22.8 Å². The van der Waals surface area contributed by atoms with Crippen LogP contribution in [0.3, 0.4) is 0 Å². The maximum absolute atomic E-state index is 11.2. The predicted octanol–water partition coefficient (Wildman–Crippen LogP) is 3.49. The van der Waals surface area contributed by atoms with Crippen LogP contribution in [0.1, 0.15) is 55.9 Å². The van der Waals surface area contributed by atoms with Crippen LogP contribution < -0.4 is 4.90 Å². The highest BCUT2D eigenvalue weighted by Gasteiger charge is 2.28. The van der Waals surface area contributed by atoms with Crippen LogP contribution >= 0.6 is 11.3 Å². The Labute approximate surface area is 113 Å². The summed E-state index contributed by atoms with van der Waals surface area (Å²) in [7, 11) is 0. The lowest BCUT2D eigenvalue weighted by molar-refractivity contribution is 0.112. The Morgan fingerprint density at radius 1 is 1.44 bits per heavy atom. The standard InChI is InChI=1S/C14H22N2OS/c1-5-16(8-10-6-7-10)13-15-12(14(2,3)4)11(9-17)18-13/h9-10H,5-8H2,1-4H3. The summed E-state index contributed by atoms with van der Waals surface area (Å²) in [5, 5.41) is 1.01. The van der Waals surface area contributed by atoms with Gasteiger partial charge in [-0.2, -0.15) is 0 Å². The topological polar surface area (TPSA) is 33.2 Å². The van der Waals surface area contributed by atoms with Gasteiger partial charge >= 0.3 is 0 Å². The third kappa shape index (κ3) is 2.91. The molecule has 1 aromatic heterocycles. The van der Waals surface area contributed by atoms with E-state index in [4.69, 9.17) is 4.98 Å². The second-order valence-electron chi connectivity index (χ2n) is 6.06. The zero-order valence-electron chi connectivity index (χ0n) is 11.7. The highest BCUT2D eigenvalue weighted by Crippen LogP contribution is 2.35. The largest absolute Gasteiger partial charge is 0.348 e. The summed E-state index contributed by atoms with van der Waals surface area (Å²) in [5.74, 6) is 0.839. The third-order valence-electron chi connectivity index (χ3n) is 3.29. The second kappa shape index (κ2) is 5.00. The van der Waals surface area contributed by atoms with E-state index in [0.717, 1.165) is 41.0 Å². The van der Waals surface area contributed by atoms with Gasteiger partial charge in [0, 0.05) is 18.5 Å². The molecule has 1 aliphatic rings. The van der Waals surface area contributed by atoms with Crippen LogP contribution in [0.4, 0.5) is 5.13 Å². The molecule has 1 saturated carbocycles. The first-order valence-corrected chi connectivity index (χ1v) is 7.48. The average molecular weight is 266 g/mol. The van der Waals surface area contributed by atoms with Gasteiger partial charge in [0.05, 0.1) is 10.6 Å². The molecule has 0 spiro atoms. The van der Waals surface area contributed by atoms with Crippen LogP contribution in [-0.2, 0) is 5.41 Å². The number of hydrogen-bond acceptors (Lipinski definition) is 4. The van der Waals surface area contributed by atoms with E-state index in [1.807, 2.05) is 0 Å². The van der Waals surface area contributed by atoms with E-state index in [-0.39, 0.29) is 5.41 Å². The zero-order chi connectivity index (χ0) is 13.3. The molecule has 0 amide bonds. The summed E-state index contributed by atoms with van der Waals surface area (Å²) in [4.78, 5) is 19.0. The van der Waals surface area contributed by atoms with E-state index >= 15 is 0 Å². The molecule has 0 saturated heterocycles. The molecule has 18 heavy (non-hydrogen) atoms. The molecule has 100 valence electrons. The van der Waals surface area contributed by atoms with Crippen LogP contribution in [0.25, 0.3) is 0 Å². The van der Waals surface area contributed by atoms with Crippen LogP contribution in [-0.4, -0.2) is 24.4 Å². The highest BCUT2D eigenvalue weighted by atomic mass is 32.1. The molecular formula is C14H22N2OS. The van der Waals surface area contributed by atoms with Crippen molar-refractivity contribution in [1.82, 2.24) is 4.98 Å². The lowest BCUT2D eigenvalue weighted by Gasteiger charge is -2.20. The van der Waals surface area contributed by atoms with Crippen molar-refractivity contribution in [3.8, 4) is 0 Å². The summed E-state index contributed by atoms with van der Waals surface area (Å²) >= 11 is 1.54. The van der Waals surface area contributed by atoms with Crippen molar-refractivity contribution in [3.63, 3.8) is 0 Å². The van der Waals surface area contributed by atoms with Gasteiger partial charge in [0.25, 0.3) is 0 Å². The van der Waals surface area contributed by atoms with E-state index in [9.17, 15) is 4.79 Å². The summed E-state index contributed by atoms with van der Waals surface area (Å²) in [6.45, 7) is 10.5. The fourth-order valence-corrected chi connectivity index (χ4v) is 3.19. The molecule has 0 atom stereocenters. The van der Waals surface area contributed by atoms with Gasteiger partial charge in [0.2, 0.25) is 0 Å². The first-order chi connectivity index (χ1) is 8.45. The number of thiazole rings is 1. The predicted molar refractivity (Wildman–Crippen MR) is 76.8 cm³/mol. The Morgan fingerprint density at radius 2 is 2.11 bits per heavy atom. The molecule has 0 unspecified atom stereocenters. The van der Waals surface area contributed by atoms with Gasteiger partial charge in [0.1, 0.15) is 0 Å². The minimum absolute atomic E-state index is 0.0655. The van der Waals surface area contributed by atoms with Crippen molar-refractivity contribution in [2.75, 3.05) is 18.0 Å². The normalized spacial score (nSPS) is 15.8. The Kier molecular flexibility index (Phi) is 3.76. The van der Waals surface area contributed by atoms with Gasteiger partial charge in [-0.25, -0.2) is 4.98 Å². The minimum atomic E-state index is -0.0655. The van der Waals surface area contributed by atoms with Gasteiger partial charge in [-0.3, -0.25) is 4.79 Å². The molecule has 1 heterocycles. The summed E-state index contributed by atoms with van der Waals surface area (Å²) in [5.41, 5.74) is 0.871. The molecule has 4 heteroatoms. The minimum Gasteiger partial charge on any atom is -0.348 e. The average Bonchev–Trinajstić information content (AvgIpc) is 3.00. The molecule has 0 N–H and O–H groups in total. The first-order valence-electron chi connectivity index (χ1n) is 6.67. The van der Waals surface area contributed by atoms with Crippen LogP contribution in [0.2, 0.25) is 0 Å². The maximum Gasteiger partial charge on any atom is 0.186 e. The first kappa shape index (κ1) is 13.5. The molecular weight excluding hydrogens is 244 g/mol. The number of aromatic nitrogens is 1. The summed E-state index contributed by atoms with van der Waals surface area (Å²) < 4.78 is 0. The van der Waals surface area contributed by atoms with Gasteiger partial charge in [0.15, 0.2) is 11.4 Å². The quantitative estimate of drug-likeness (QED) is 0.765. The number of hydrogen-bond donors (Lipinski definition) is 0. The van der Waals surface area contributed by atoms with Gasteiger partial charge < -0.3 is 4.90 Å². The van der Waals surface area contributed by atoms with Crippen molar-refractivity contribution in [2.45, 2.75) is 46.0 Å². The fourth-order valence-electron chi connectivity index (χ4n) is 2.03. The molecule has 1 aromatic rings. The Hall–Kier alpha value is -0.900. The lowest BCUT2D eigenvalue weighted by atomic mass is 9.91. The fraction of sp³-hybridized carbons (Fsp3) is 0.714. The van der Waals surface area contributed by atoms with Crippen LogP contribution in [0.15, 0.2) is 0 Å². The summed E-state index contributed by atoms with van der Waals surface area (Å²) in [6.07, 6.45) is 3.63. The lowest BCUT2D eigenvalue weighted by Crippen LogP contribution is -2.25. The number of aldehydes is 1. The van der Waals surface area contributed by atoms with Gasteiger partial charge in [-0.15, -0.1) is 0 Å². The van der Waals surface area contributed by atoms with Gasteiger partial charge in [-0.1, -0.05) is 32.1 Å². The van der Waals surface area contributed by atoms with Gasteiger partial charge in [-0.05, 0) is 25.7 Å². The van der Waals surface area contributed by atoms with E-state index < -0.39 is 0 Å². The number of anilines is 1. The Morgan fingerprint density at radius 3 is 2.50 bits per heavy atom. The Bertz CT molecular complexity index is 429. The van der Waals surface area contributed by atoms with Crippen molar-refractivity contribution in [3.05, 3.63) is 10.6 Å². The van der Waals surface area contributed by atoms with Crippen molar-refractivity contribution < 1.29 is 4.79 Å². The molecule has 0 aliphatic heterocycles. The molecule has 3 nitrogen and oxygen atoms in total. The van der Waals surface area contributed by atoms with E-state index in [0.29, 0.717) is 0 Å². The second-order valence-corrected chi connectivity index (χ2v) is 7.07. The molecule has 2 rings (SSSR count). The van der Waals surface area contributed by atoms with Crippen molar-refractivity contribution in [2.24, 2.45) is 5.92 Å². The molecule has 0 aromatic carbocycles. The van der Waals surface area contributed by atoms with E-state index in [1.54, 1.807) is 0 Å². The van der Waals surface area contributed by atoms with Crippen molar-refractivity contribution in [1.29, 1.82) is 0 Å². The monoisotopic (exact) mass is 266 g/mol. The summed E-state index contributed by atoms with van der Waals surface area (Å²) in [6, 6.07) is 0. The molecule has 0 radical (unpaired) electrons. The zero-order valence-corrected chi connectivity index (χ0v) is 12.5. The smallest absolute Gasteiger partial charge is 0.186 e. The molecule has 1 fully saturated rings.